The number of amides is 1. The van der Waals surface area contributed by atoms with Crippen molar-refractivity contribution in [2.45, 2.75) is 13.5 Å². The highest BCUT2D eigenvalue weighted by Gasteiger charge is 2.14. The molecule has 8 heteroatoms. The fraction of sp³-hybridized carbons (Fsp3) is 0.107. The molecule has 0 aliphatic heterocycles. The minimum absolute atomic E-state index is 0.111. The molecule has 1 amide bonds. The number of carbonyl (C=O) groups excluding carboxylic acids is 1. The topological polar surface area (TPSA) is 84.0 Å². The molecule has 180 valence electrons. The normalized spacial score (nSPS) is 10.8. The number of nitrogens with one attached hydrogen (secondary N) is 3. The van der Waals surface area contributed by atoms with Crippen molar-refractivity contribution in [3.8, 4) is 17.1 Å². The van der Waals surface area contributed by atoms with Crippen molar-refractivity contribution in [1.82, 2.24) is 14.9 Å². The van der Waals surface area contributed by atoms with Gasteiger partial charge in [-0.2, -0.15) is 5.10 Å². The van der Waals surface area contributed by atoms with E-state index in [1.165, 1.54) is 0 Å². The lowest BCUT2D eigenvalue weighted by Crippen LogP contribution is -2.21. The number of aromatic nitrogens is 3. The molecule has 1 heterocycles. The number of fused-ring (bicyclic) bond motifs is 1. The van der Waals surface area contributed by atoms with Crippen molar-refractivity contribution in [1.29, 1.82) is 0 Å². The number of rotatable bonds is 8. The predicted octanol–water partition coefficient (Wildman–Crippen LogP) is 5.83. The number of aromatic amines is 1. The second-order valence-electron chi connectivity index (χ2n) is 8.35. The summed E-state index contributed by atoms with van der Waals surface area (Å²) in [6, 6.07) is 29.4. The first-order valence-electron chi connectivity index (χ1n) is 11.5. The molecule has 0 unspecified atom stereocenters. The smallest absolute Gasteiger partial charge is 0.262 e. The van der Waals surface area contributed by atoms with Crippen LogP contribution in [-0.2, 0) is 11.3 Å². The average Bonchev–Trinajstić information content (AvgIpc) is 3.28. The first kappa shape index (κ1) is 23.3. The number of anilines is 1. The van der Waals surface area contributed by atoms with Gasteiger partial charge in [0, 0.05) is 16.8 Å². The number of aryl methyl sites for hydroxylation is 1. The van der Waals surface area contributed by atoms with E-state index in [-0.39, 0.29) is 12.5 Å². The van der Waals surface area contributed by atoms with Gasteiger partial charge < -0.3 is 15.5 Å². The van der Waals surface area contributed by atoms with Crippen LogP contribution in [0.1, 0.15) is 11.1 Å². The molecule has 3 N–H and O–H groups in total. The van der Waals surface area contributed by atoms with Gasteiger partial charge in [-0.1, -0.05) is 78.4 Å². The Labute approximate surface area is 213 Å². The van der Waals surface area contributed by atoms with E-state index >= 15 is 0 Å². The monoisotopic (exact) mass is 495 g/mol. The molecule has 0 bridgehead atoms. The summed E-state index contributed by atoms with van der Waals surface area (Å²) in [7, 11) is 0. The lowest BCUT2D eigenvalue weighted by molar-refractivity contribution is -0.118. The van der Waals surface area contributed by atoms with Gasteiger partial charge in [0.1, 0.15) is 5.75 Å². The van der Waals surface area contributed by atoms with Gasteiger partial charge in [0.25, 0.3) is 5.91 Å². The molecule has 0 saturated heterocycles. The van der Waals surface area contributed by atoms with Gasteiger partial charge in [-0.05, 0) is 48.1 Å². The molecule has 0 aliphatic rings. The highest BCUT2D eigenvalue weighted by molar-refractivity contribution is 7.71. The Hall–Kier alpha value is -4.43. The molecule has 4 aromatic carbocycles. The largest absolute Gasteiger partial charge is 0.483 e. The van der Waals surface area contributed by atoms with Gasteiger partial charge >= 0.3 is 0 Å². The first-order valence-corrected chi connectivity index (χ1v) is 12.0. The maximum absolute atomic E-state index is 12.6. The Balaban J connectivity index is 1.38. The Morgan fingerprint density at radius 1 is 0.972 bits per heavy atom. The van der Waals surface area contributed by atoms with Crippen molar-refractivity contribution in [2.75, 3.05) is 17.3 Å². The summed E-state index contributed by atoms with van der Waals surface area (Å²) in [6.07, 6.45) is 0. The van der Waals surface area contributed by atoms with Crippen LogP contribution in [0.15, 0.2) is 91.0 Å². The number of ether oxygens (including phenoxy) is 1. The van der Waals surface area contributed by atoms with Crippen LogP contribution in [0.5, 0.6) is 5.75 Å². The molecule has 5 rings (SSSR count). The predicted molar refractivity (Wildman–Crippen MR) is 145 cm³/mol. The molecule has 36 heavy (non-hydrogen) atoms. The van der Waals surface area contributed by atoms with Gasteiger partial charge in [0.2, 0.25) is 4.77 Å². The van der Waals surface area contributed by atoms with Crippen molar-refractivity contribution in [3.63, 3.8) is 0 Å². The molecule has 0 saturated carbocycles. The van der Waals surface area contributed by atoms with Crippen LogP contribution in [0, 0.1) is 11.7 Å². The van der Waals surface area contributed by atoms with E-state index in [1.54, 1.807) is 4.68 Å². The third-order valence-corrected chi connectivity index (χ3v) is 6.08. The number of H-pyrrole nitrogens is 1. The number of benzene rings is 4. The zero-order chi connectivity index (χ0) is 24.9. The maximum atomic E-state index is 12.6. The molecule has 0 spiro atoms. The highest BCUT2D eigenvalue weighted by Crippen LogP contribution is 2.29. The average molecular weight is 496 g/mol. The number of hydrogen-bond acceptors (Lipinski definition) is 5. The van der Waals surface area contributed by atoms with E-state index in [1.807, 2.05) is 97.9 Å². The SMILES string of the molecule is Cc1ccc(NC(=O)COc2ccc3ccccc3c2CNn2c(-c3ccccc3)n[nH]c2=S)cc1. The van der Waals surface area contributed by atoms with Crippen LogP contribution in [0.4, 0.5) is 5.69 Å². The summed E-state index contributed by atoms with van der Waals surface area (Å²) in [5.74, 6) is 1.08. The Bertz CT molecular complexity index is 1560. The Kier molecular flexibility index (Phi) is 6.77. The summed E-state index contributed by atoms with van der Waals surface area (Å²) in [6.45, 7) is 2.30. The fourth-order valence-electron chi connectivity index (χ4n) is 3.99. The van der Waals surface area contributed by atoms with Crippen LogP contribution < -0.4 is 15.5 Å². The van der Waals surface area contributed by atoms with Crippen LogP contribution in [0.3, 0.4) is 0 Å². The quantitative estimate of drug-likeness (QED) is 0.236. The molecular weight excluding hydrogens is 470 g/mol. The summed E-state index contributed by atoms with van der Waals surface area (Å²) >= 11 is 5.47. The summed E-state index contributed by atoms with van der Waals surface area (Å²) in [5, 5.41) is 12.2. The minimum atomic E-state index is -0.227. The van der Waals surface area contributed by atoms with Gasteiger partial charge in [-0.25, -0.2) is 9.77 Å². The minimum Gasteiger partial charge on any atom is -0.483 e. The van der Waals surface area contributed by atoms with Crippen LogP contribution >= 0.6 is 12.2 Å². The number of carbonyl (C=O) groups is 1. The molecule has 7 nitrogen and oxygen atoms in total. The summed E-state index contributed by atoms with van der Waals surface area (Å²) in [4.78, 5) is 12.6. The molecular formula is C28H25N5O2S. The maximum Gasteiger partial charge on any atom is 0.262 e. The van der Waals surface area contributed by atoms with Crippen LogP contribution in [0.25, 0.3) is 22.2 Å². The van der Waals surface area contributed by atoms with Gasteiger partial charge in [-0.15, -0.1) is 0 Å². The molecule has 1 aromatic heterocycles. The highest BCUT2D eigenvalue weighted by atomic mass is 32.1. The molecule has 0 fully saturated rings. The van der Waals surface area contributed by atoms with Crippen molar-refractivity contribution < 1.29 is 9.53 Å². The third kappa shape index (κ3) is 5.13. The fourth-order valence-corrected chi connectivity index (χ4v) is 4.19. The van der Waals surface area contributed by atoms with E-state index in [4.69, 9.17) is 17.0 Å². The van der Waals surface area contributed by atoms with Gasteiger partial charge in [-0.3, -0.25) is 4.79 Å². The molecule has 0 radical (unpaired) electrons. The van der Waals surface area contributed by atoms with Gasteiger partial charge in [0.05, 0.1) is 6.54 Å². The molecule has 5 aromatic rings. The lowest BCUT2D eigenvalue weighted by atomic mass is 10.0. The first-order chi connectivity index (χ1) is 17.6. The zero-order valence-corrected chi connectivity index (χ0v) is 20.5. The van der Waals surface area contributed by atoms with Gasteiger partial charge in [0.15, 0.2) is 12.4 Å². The van der Waals surface area contributed by atoms with E-state index in [2.05, 4.69) is 20.9 Å². The van der Waals surface area contributed by atoms with E-state index in [0.29, 0.717) is 22.9 Å². The van der Waals surface area contributed by atoms with E-state index in [9.17, 15) is 4.79 Å². The summed E-state index contributed by atoms with van der Waals surface area (Å²) in [5.41, 5.74) is 7.09. The van der Waals surface area contributed by atoms with Crippen LogP contribution in [-0.4, -0.2) is 27.4 Å². The molecule has 0 aliphatic carbocycles. The number of hydrogen-bond donors (Lipinski definition) is 3. The third-order valence-electron chi connectivity index (χ3n) is 5.81. The standard InChI is InChI=1S/C28H25N5O2S/c1-19-11-14-22(15-12-19)30-26(34)18-35-25-16-13-20-7-5-6-10-23(20)24(25)17-29-33-27(31-32-28(33)36)21-8-3-2-4-9-21/h2-16,29H,17-18H2,1H3,(H,30,34)(H,32,36). The second kappa shape index (κ2) is 10.5. The summed E-state index contributed by atoms with van der Waals surface area (Å²) < 4.78 is 8.21. The van der Waals surface area contributed by atoms with E-state index < -0.39 is 0 Å². The Morgan fingerprint density at radius 2 is 1.72 bits per heavy atom. The zero-order valence-electron chi connectivity index (χ0n) is 19.7. The van der Waals surface area contributed by atoms with Crippen molar-refractivity contribution in [3.05, 3.63) is 107 Å². The Morgan fingerprint density at radius 3 is 2.53 bits per heavy atom. The van der Waals surface area contributed by atoms with Crippen molar-refractivity contribution >= 4 is 34.6 Å². The lowest BCUT2D eigenvalue weighted by Gasteiger charge is -2.16. The van der Waals surface area contributed by atoms with Crippen LogP contribution in [0.2, 0.25) is 0 Å². The van der Waals surface area contributed by atoms with E-state index in [0.717, 1.165) is 33.2 Å². The second-order valence-corrected chi connectivity index (χ2v) is 8.74. The molecule has 0 atom stereocenters. The van der Waals surface area contributed by atoms with Crippen molar-refractivity contribution in [2.24, 2.45) is 0 Å². The number of nitrogens with zero attached hydrogens (tertiary/aromatic N) is 2.